The van der Waals surface area contributed by atoms with Crippen molar-refractivity contribution in [3.05, 3.63) is 30.1 Å². The standard InChI is InChI=1S/C18H24FN3OS.ClH/c1-22-16(11-17(23)20-15-9-5-6-13(19)10-15)12-24-18(22)21-14-7-3-2-4-8-14;/h5-6,9-10,14,16H,2-4,7-8,11-12H2,1H3,(H,20,23);1H. The van der Waals surface area contributed by atoms with Crippen molar-refractivity contribution in [2.24, 2.45) is 4.99 Å². The van der Waals surface area contributed by atoms with E-state index in [0.717, 1.165) is 10.9 Å². The second-order valence-electron chi connectivity index (χ2n) is 6.54. The summed E-state index contributed by atoms with van der Waals surface area (Å²) in [6, 6.07) is 6.59. The summed E-state index contributed by atoms with van der Waals surface area (Å²) in [5.41, 5.74) is 0.504. The average molecular weight is 386 g/mol. The number of hydrogen-bond acceptors (Lipinski definition) is 3. The van der Waals surface area contributed by atoms with Crippen LogP contribution in [0.25, 0.3) is 0 Å². The van der Waals surface area contributed by atoms with Crippen LogP contribution in [0, 0.1) is 5.82 Å². The minimum atomic E-state index is -0.344. The van der Waals surface area contributed by atoms with Crippen molar-refractivity contribution in [1.82, 2.24) is 4.90 Å². The number of benzene rings is 1. The Kier molecular flexibility index (Phi) is 7.56. The summed E-state index contributed by atoms with van der Waals surface area (Å²) in [5, 5.41) is 3.83. The molecule has 3 rings (SSSR count). The molecule has 7 heteroatoms. The third kappa shape index (κ3) is 5.61. The van der Waals surface area contributed by atoms with Gasteiger partial charge in [-0.2, -0.15) is 0 Å². The summed E-state index contributed by atoms with van der Waals surface area (Å²) in [7, 11) is 2.02. The quantitative estimate of drug-likeness (QED) is 0.839. The van der Waals surface area contributed by atoms with Crippen molar-refractivity contribution in [3.63, 3.8) is 0 Å². The van der Waals surface area contributed by atoms with Crippen LogP contribution in [0.4, 0.5) is 10.1 Å². The van der Waals surface area contributed by atoms with Gasteiger partial charge < -0.3 is 10.2 Å². The van der Waals surface area contributed by atoms with Gasteiger partial charge in [-0.25, -0.2) is 4.39 Å². The molecule has 1 unspecified atom stereocenters. The second-order valence-corrected chi connectivity index (χ2v) is 7.53. The monoisotopic (exact) mass is 385 g/mol. The van der Waals surface area contributed by atoms with Crippen LogP contribution >= 0.6 is 24.2 Å². The maximum Gasteiger partial charge on any atom is 0.226 e. The zero-order valence-corrected chi connectivity index (χ0v) is 16.0. The largest absolute Gasteiger partial charge is 0.350 e. The van der Waals surface area contributed by atoms with Crippen molar-refractivity contribution in [2.45, 2.75) is 50.6 Å². The van der Waals surface area contributed by atoms with E-state index in [4.69, 9.17) is 4.99 Å². The molecule has 1 aromatic carbocycles. The number of carbonyl (C=O) groups excluding carboxylic acids is 1. The Morgan fingerprint density at radius 2 is 2.12 bits per heavy atom. The number of halogens is 2. The second kappa shape index (κ2) is 9.43. The summed E-state index contributed by atoms with van der Waals surface area (Å²) in [6.45, 7) is 0. The fourth-order valence-corrected chi connectivity index (χ4v) is 4.48. The Morgan fingerprint density at radius 1 is 1.36 bits per heavy atom. The minimum absolute atomic E-state index is 0. The molecule has 4 nitrogen and oxygen atoms in total. The van der Waals surface area contributed by atoms with Gasteiger partial charge >= 0.3 is 0 Å². The van der Waals surface area contributed by atoms with Crippen molar-refractivity contribution < 1.29 is 9.18 Å². The van der Waals surface area contributed by atoms with Gasteiger partial charge in [-0.1, -0.05) is 37.1 Å². The number of rotatable bonds is 4. The maximum atomic E-state index is 13.2. The molecule has 0 radical (unpaired) electrons. The molecule has 0 bridgehead atoms. The topological polar surface area (TPSA) is 44.7 Å². The zero-order chi connectivity index (χ0) is 16.9. The molecule has 1 saturated carbocycles. The Hall–Kier alpha value is -1.27. The molecule has 138 valence electrons. The number of amides is 1. The summed E-state index contributed by atoms with van der Waals surface area (Å²) < 4.78 is 13.2. The predicted molar refractivity (Wildman–Crippen MR) is 105 cm³/mol. The highest BCUT2D eigenvalue weighted by atomic mass is 35.5. The van der Waals surface area contributed by atoms with E-state index in [9.17, 15) is 9.18 Å². The Bertz CT molecular complexity index is 622. The number of nitrogens with zero attached hydrogens (tertiary/aromatic N) is 2. The number of nitrogens with one attached hydrogen (secondary N) is 1. The number of amidine groups is 1. The third-order valence-corrected chi connectivity index (χ3v) is 5.85. The van der Waals surface area contributed by atoms with Crippen LogP contribution in [0.3, 0.4) is 0 Å². The van der Waals surface area contributed by atoms with Crippen molar-refractivity contribution in [1.29, 1.82) is 0 Å². The normalized spacial score (nSPS) is 22.7. The number of anilines is 1. The molecule has 1 aromatic rings. The average Bonchev–Trinajstić information content (AvgIpc) is 2.89. The third-order valence-electron chi connectivity index (χ3n) is 4.65. The number of aliphatic imine (C=N–C) groups is 1. The number of hydrogen-bond donors (Lipinski definition) is 1. The van der Waals surface area contributed by atoms with E-state index in [2.05, 4.69) is 10.2 Å². The van der Waals surface area contributed by atoms with Gasteiger partial charge in [0.25, 0.3) is 0 Å². The molecular formula is C18H25ClFN3OS. The van der Waals surface area contributed by atoms with Crippen LogP contribution in [-0.4, -0.2) is 40.9 Å². The Labute approximate surface area is 159 Å². The van der Waals surface area contributed by atoms with E-state index in [0.29, 0.717) is 18.2 Å². The van der Waals surface area contributed by atoms with Gasteiger partial charge in [0.2, 0.25) is 5.91 Å². The van der Waals surface area contributed by atoms with Crippen LogP contribution < -0.4 is 5.32 Å². The molecule has 1 aliphatic heterocycles. The summed E-state index contributed by atoms with van der Waals surface area (Å²) in [4.78, 5) is 19.2. The molecule has 2 fully saturated rings. The summed E-state index contributed by atoms with van der Waals surface area (Å²) in [6.07, 6.45) is 6.63. The van der Waals surface area contributed by atoms with Crippen molar-refractivity contribution in [3.8, 4) is 0 Å². The molecule has 0 aromatic heterocycles. The van der Waals surface area contributed by atoms with Crippen molar-refractivity contribution >= 4 is 40.9 Å². The van der Waals surface area contributed by atoms with Crippen LogP contribution in [0.2, 0.25) is 0 Å². The van der Waals surface area contributed by atoms with Gasteiger partial charge in [0.1, 0.15) is 5.82 Å². The first-order chi connectivity index (χ1) is 11.6. The van der Waals surface area contributed by atoms with Crippen LogP contribution in [0.5, 0.6) is 0 Å². The van der Waals surface area contributed by atoms with Crippen molar-refractivity contribution in [2.75, 3.05) is 18.1 Å². The van der Waals surface area contributed by atoms with Crippen LogP contribution in [0.15, 0.2) is 29.3 Å². The minimum Gasteiger partial charge on any atom is -0.350 e. The zero-order valence-electron chi connectivity index (χ0n) is 14.4. The molecule has 1 N–H and O–H groups in total. The molecule has 0 spiro atoms. The Balaban J connectivity index is 0.00000225. The molecule has 1 atom stereocenters. The van der Waals surface area contributed by atoms with Gasteiger partial charge in [-0.3, -0.25) is 9.79 Å². The molecule has 25 heavy (non-hydrogen) atoms. The predicted octanol–water partition coefficient (Wildman–Crippen LogP) is 4.31. The van der Waals surface area contributed by atoms with E-state index in [1.54, 1.807) is 23.9 Å². The highest BCUT2D eigenvalue weighted by molar-refractivity contribution is 8.14. The van der Waals surface area contributed by atoms with Gasteiger partial charge in [0, 0.05) is 31.0 Å². The highest BCUT2D eigenvalue weighted by Crippen LogP contribution is 2.28. The number of thioether (sulfide) groups is 1. The first kappa shape index (κ1) is 20.0. The molecule has 2 aliphatic rings. The maximum absolute atomic E-state index is 13.2. The lowest BCUT2D eigenvalue weighted by Crippen LogP contribution is -2.34. The highest BCUT2D eigenvalue weighted by Gasteiger charge is 2.29. The fraction of sp³-hybridized carbons (Fsp3) is 0.556. The lowest BCUT2D eigenvalue weighted by molar-refractivity contribution is -0.116. The van der Waals surface area contributed by atoms with Gasteiger partial charge in [-0.15, -0.1) is 12.4 Å². The summed E-state index contributed by atoms with van der Waals surface area (Å²) in [5.74, 6) is 0.443. The molecular weight excluding hydrogens is 361 g/mol. The van der Waals surface area contributed by atoms with Crippen LogP contribution in [-0.2, 0) is 4.79 Å². The van der Waals surface area contributed by atoms with Gasteiger partial charge in [-0.05, 0) is 31.0 Å². The number of carbonyl (C=O) groups is 1. The lowest BCUT2D eigenvalue weighted by Gasteiger charge is -2.23. The van der Waals surface area contributed by atoms with E-state index in [1.165, 1.54) is 44.2 Å². The fourth-order valence-electron chi connectivity index (χ4n) is 3.22. The van der Waals surface area contributed by atoms with Gasteiger partial charge in [0.05, 0.1) is 6.04 Å². The smallest absolute Gasteiger partial charge is 0.226 e. The molecule has 1 saturated heterocycles. The first-order valence-electron chi connectivity index (χ1n) is 8.60. The summed E-state index contributed by atoms with van der Waals surface area (Å²) >= 11 is 1.74. The first-order valence-corrected chi connectivity index (χ1v) is 9.59. The van der Waals surface area contributed by atoms with Crippen LogP contribution in [0.1, 0.15) is 38.5 Å². The van der Waals surface area contributed by atoms with E-state index in [-0.39, 0.29) is 30.2 Å². The SMILES string of the molecule is CN1C(=NC2CCCCC2)SCC1CC(=O)Nc1cccc(F)c1.Cl. The van der Waals surface area contributed by atoms with E-state index in [1.807, 2.05) is 7.05 Å². The van der Waals surface area contributed by atoms with Gasteiger partial charge in [0.15, 0.2) is 5.17 Å². The Morgan fingerprint density at radius 3 is 2.84 bits per heavy atom. The van der Waals surface area contributed by atoms with E-state index >= 15 is 0 Å². The molecule has 1 amide bonds. The van der Waals surface area contributed by atoms with E-state index < -0.39 is 0 Å². The molecule has 1 heterocycles. The molecule has 1 aliphatic carbocycles. The lowest BCUT2D eigenvalue weighted by atomic mass is 9.96.